The van der Waals surface area contributed by atoms with Crippen molar-refractivity contribution in [2.45, 2.75) is 53.4 Å². The van der Waals surface area contributed by atoms with Crippen LogP contribution >= 0.6 is 0 Å². The Labute approximate surface area is 124 Å². The molecule has 0 radical (unpaired) electrons. The lowest BCUT2D eigenvalue weighted by Crippen LogP contribution is -2.29. The summed E-state index contributed by atoms with van der Waals surface area (Å²) in [4.78, 5) is 11.3. The van der Waals surface area contributed by atoms with Crippen molar-refractivity contribution in [2.24, 2.45) is 11.8 Å². The lowest BCUT2D eigenvalue weighted by molar-refractivity contribution is -0.124. The molecule has 120 valence electrons. The quantitative estimate of drug-likeness (QED) is 0.530. The lowest BCUT2D eigenvalue weighted by atomic mass is 10.1. The maximum atomic E-state index is 11.3. The first-order valence-corrected chi connectivity index (χ1v) is 7.97. The number of carbonyl (C=O) groups is 1. The minimum atomic E-state index is 0.0590. The first-order chi connectivity index (χ1) is 9.54. The molecule has 0 aromatic rings. The third kappa shape index (κ3) is 13.8. The molecule has 1 amide bonds. The summed E-state index contributed by atoms with van der Waals surface area (Å²) < 4.78 is 11.0. The van der Waals surface area contributed by atoms with Gasteiger partial charge in [0.15, 0.2) is 0 Å². The molecular weight excluding hydrogens is 254 g/mol. The number of nitrogens with one attached hydrogen (secondary N) is 1. The Bertz CT molecular complexity index is 230. The number of carbonyl (C=O) groups excluding carboxylic acids is 1. The molecule has 0 aromatic heterocycles. The Kier molecular flexibility index (Phi) is 13.0. The summed E-state index contributed by atoms with van der Waals surface area (Å²) in [5.74, 6) is 0.932. The van der Waals surface area contributed by atoms with E-state index >= 15 is 0 Å². The van der Waals surface area contributed by atoms with Crippen LogP contribution in [0.25, 0.3) is 0 Å². The summed E-state index contributed by atoms with van der Waals surface area (Å²) in [6, 6.07) is 0. The van der Waals surface area contributed by atoms with E-state index in [2.05, 4.69) is 19.2 Å². The Morgan fingerprint density at radius 3 is 2.00 bits per heavy atom. The predicted octanol–water partition coefficient (Wildman–Crippen LogP) is 3.01. The average Bonchev–Trinajstić information content (AvgIpc) is 2.39. The van der Waals surface area contributed by atoms with Crippen molar-refractivity contribution in [3.8, 4) is 0 Å². The highest BCUT2D eigenvalue weighted by Gasteiger charge is 2.04. The van der Waals surface area contributed by atoms with Gasteiger partial charge in [0.25, 0.3) is 0 Å². The molecule has 0 spiro atoms. The van der Waals surface area contributed by atoms with Crippen molar-refractivity contribution in [3.63, 3.8) is 0 Å². The van der Waals surface area contributed by atoms with Gasteiger partial charge in [-0.05, 0) is 31.6 Å². The summed E-state index contributed by atoms with van der Waals surface area (Å²) >= 11 is 0. The van der Waals surface area contributed by atoms with Crippen LogP contribution in [0.2, 0.25) is 0 Å². The first kappa shape index (κ1) is 19.4. The van der Waals surface area contributed by atoms with Crippen molar-refractivity contribution >= 4 is 5.91 Å². The van der Waals surface area contributed by atoms with Crippen LogP contribution in [0, 0.1) is 11.8 Å². The van der Waals surface area contributed by atoms with E-state index in [0.717, 1.165) is 45.0 Å². The molecule has 4 nitrogen and oxygen atoms in total. The van der Waals surface area contributed by atoms with E-state index in [1.807, 2.05) is 13.8 Å². The van der Waals surface area contributed by atoms with Crippen LogP contribution in [0.1, 0.15) is 53.4 Å². The number of ether oxygens (including phenoxy) is 2. The van der Waals surface area contributed by atoms with Crippen molar-refractivity contribution in [3.05, 3.63) is 0 Å². The van der Waals surface area contributed by atoms with Crippen LogP contribution in [0.3, 0.4) is 0 Å². The average molecular weight is 287 g/mol. The van der Waals surface area contributed by atoms with Crippen LogP contribution in [0.15, 0.2) is 0 Å². The van der Waals surface area contributed by atoms with E-state index in [9.17, 15) is 4.79 Å². The highest BCUT2D eigenvalue weighted by atomic mass is 16.5. The van der Waals surface area contributed by atoms with Crippen molar-refractivity contribution in [1.82, 2.24) is 5.32 Å². The molecule has 0 saturated heterocycles. The van der Waals surface area contributed by atoms with Gasteiger partial charge >= 0.3 is 0 Å². The highest BCUT2D eigenvalue weighted by Crippen LogP contribution is 2.03. The van der Waals surface area contributed by atoms with Gasteiger partial charge in [0.2, 0.25) is 5.91 Å². The Balaban J connectivity index is 3.08. The van der Waals surface area contributed by atoms with E-state index in [1.54, 1.807) is 0 Å². The summed E-state index contributed by atoms with van der Waals surface area (Å²) in [6.07, 6.45) is 4.19. The summed E-state index contributed by atoms with van der Waals surface area (Å²) in [7, 11) is 0. The molecule has 0 aliphatic heterocycles. The molecule has 0 aliphatic rings. The van der Waals surface area contributed by atoms with Gasteiger partial charge < -0.3 is 14.8 Å². The van der Waals surface area contributed by atoms with E-state index in [0.29, 0.717) is 13.2 Å². The van der Waals surface area contributed by atoms with Crippen LogP contribution in [-0.2, 0) is 14.3 Å². The minimum Gasteiger partial charge on any atom is -0.381 e. The number of hydrogen-bond donors (Lipinski definition) is 1. The molecule has 1 N–H and O–H groups in total. The highest BCUT2D eigenvalue weighted by molar-refractivity contribution is 5.77. The van der Waals surface area contributed by atoms with Gasteiger partial charge in [-0.2, -0.15) is 0 Å². The Morgan fingerprint density at radius 2 is 1.45 bits per heavy atom. The van der Waals surface area contributed by atoms with Gasteiger partial charge in [0.1, 0.15) is 0 Å². The maximum absolute atomic E-state index is 11.3. The SMILES string of the molecule is CC(C)CCCOCCCOCCCNC(=O)C(C)C. The van der Waals surface area contributed by atoms with Crippen LogP contribution < -0.4 is 5.32 Å². The van der Waals surface area contributed by atoms with Crippen LogP contribution in [0.4, 0.5) is 0 Å². The van der Waals surface area contributed by atoms with Crippen molar-refractivity contribution in [1.29, 1.82) is 0 Å². The molecule has 0 aromatic carbocycles. The van der Waals surface area contributed by atoms with E-state index in [1.165, 1.54) is 6.42 Å². The maximum Gasteiger partial charge on any atom is 0.222 e. The molecule has 0 unspecified atom stereocenters. The molecule has 0 atom stereocenters. The third-order valence-electron chi connectivity index (χ3n) is 2.94. The van der Waals surface area contributed by atoms with Gasteiger partial charge in [-0.15, -0.1) is 0 Å². The lowest BCUT2D eigenvalue weighted by Gasteiger charge is -2.08. The molecule has 0 rings (SSSR count). The fraction of sp³-hybridized carbons (Fsp3) is 0.938. The normalized spacial score (nSPS) is 11.3. The number of hydrogen-bond acceptors (Lipinski definition) is 3. The zero-order valence-corrected chi connectivity index (χ0v) is 13.7. The topological polar surface area (TPSA) is 47.6 Å². The third-order valence-corrected chi connectivity index (χ3v) is 2.94. The van der Waals surface area contributed by atoms with Gasteiger partial charge in [0, 0.05) is 38.9 Å². The molecule has 0 aliphatic carbocycles. The van der Waals surface area contributed by atoms with E-state index < -0.39 is 0 Å². The minimum absolute atomic E-state index is 0.0590. The van der Waals surface area contributed by atoms with Crippen molar-refractivity contribution < 1.29 is 14.3 Å². The standard InChI is InChI=1S/C16H33NO3/c1-14(2)8-5-10-19-12-7-13-20-11-6-9-17-16(18)15(3)4/h14-15H,5-13H2,1-4H3,(H,17,18). The largest absolute Gasteiger partial charge is 0.381 e. The fourth-order valence-electron chi connectivity index (χ4n) is 1.65. The number of rotatable bonds is 13. The first-order valence-electron chi connectivity index (χ1n) is 7.97. The smallest absolute Gasteiger partial charge is 0.222 e. The van der Waals surface area contributed by atoms with Gasteiger partial charge in [-0.3, -0.25) is 4.79 Å². The zero-order chi connectivity index (χ0) is 15.2. The Hall–Kier alpha value is -0.610. The number of amides is 1. The fourth-order valence-corrected chi connectivity index (χ4v) is 1.65. The van der Waals surface area contributed by atoms with Gasteiger partial charge in [0.05, 0.1) is 0 Å². The second kappa shape index (κ2) is 13.4. The zero-order valence-electron chi connectivity index (χ0n) is 13.7. The second-order valence-electron chi connectivity index (χ2n) is 5.91. The molecule has 0 saturated carbocycles. The summed E-state index contributed by atoms with van der Waals surface area (Å²) in [5.41, 5.74) is 0. The van der Waals surface area contributed by atoms with Crippen LogP contribution in [0.5, 0.6) is 0 Å². The second-order valence-corrected chi connectivity index (χ2v) is 5.91. The Morgan fingerprint density at radius 1 is 0.900 bits per heavy atom. The molecule has 0 bridgehead atoms. The summed E-state index contributed by atoms with van der Waals surface area (Å²) in [5, 5.41) is 2.87. The molecule has 0 heterocycles. The molecule has 20 heavy (non-hydrogen) atoms. The van der Waals surface area contributed by atoms with E-state index in [-0.39, 0.29) is 11.8 Å². The monoisotopic (exact) mass is 287 g/mol. The van der Waals surface area contributed by atoms with Crippen molar-refractivity contribution in [2.75, 3.05) is 33.0 Å². The molecule has 4 heteroatoms. The predicted molar refractivity (Wildman–Crippen MR) is 82.8 cm³/mol. The van der Waals surface area contributed by atoms with E-state index in [4.69, 9.17) is 9.47 Å². The van der Waals surface area contributed by atoms with Gasteiger partial charge in [-0.1, -0.05) is 27.7 Å². The molecular formula is C16H33NO3. The summed E-state index contributed by atoms with van der Waals surface area (Å²) in [6.45, 7) is 12.0. The van der Waals surface area contributed by atoms with Crippen LogP contribution in [-0.4, -0.2) is 38.9 Å². The van der Waals surface area contributed by atoms with Gasteiger partial charge in [-0.25, -0.2) is 0 Å². The molecule has 0 fully saturated rings.